The van der Waals surface area contributed by atoms with Crippen LogP contribution in [0.2, 0.25) is 0 Å². The Kier molecular flexibility index (Phi) is 5.37. The molecular weight excluding hydrogens is 428 g/mol. The predicted molar refractivity (Wildman–Crippen MR) is 108 cm³/mol. The first-order valence-corrected chi connectivity index (χ1v) is 9.67. The first-order chi connectivity index (χ1) is 14.9. The fraction of sp³-hybridized carbons (Fsp3) is 0.400. The molecule has 31 heavy (non-hydrogen) atoms. The first kappa shape index (κ1) is 20.5. The lowest BCUT2D eigenvalue weighted by Gasteiger charge is -2.13. The van der Waals surface area contributed by atoms with E-state index < -0.39 is 17.1 Å². The van der Waals surface area contributed by atoms with Crippen molar-refractivity contribution in [3.63, 3.8) is 0 Å². The topological polar surface area (TPSA) is 158 Å². The maximum absolute atomic E-state index is 13.1. The van der Waals surface area contributed by atoms with Gasteiger partial charge in [0, 0.05) is 5.75 Å². The van der Waals surface area contributed by atoms with E-state index in [4.69, 9.17) is 0 Å². The van der Waals surface area contributed by atoms with Gasteiger partial charge in [-0.05, 0) is 13.8 Å². The number of rotatable bonds is 7. The SMILES string of the molecule is Cc1cn(Cn2c(=O)n(Cn3cc(C)nn3)c(=O)n(Cn3cc(CS)nn3)c2=O)nn1. The molecule has 4 rings (SSSR count). The van der Waals surface area contributed by atoms with Crippen molar-refractivity contribution in [2.45, 2.75) is 39.6 Å². The summed E-state index contributed by atoms with van der Waals surface area (Å²) in [6.07, 6.45) is 4.70. The van der Waals surface area contributed by atoms with Crippen molar-refractivity contribution in [3.8, 4) is 0 Å². The Morgan fingerprint density at radius 1 is 0.677 bits per heavy atom. The summed E-state index contributed by atoms with van der Waals surface area (Å²) in [6.45, 7) is 2.75. The predicted octanol–water partition coefficient (Wildman–Crippen LogP) is -2.49. The van der Waals surface area contributed by atoms with Gasteiger partial charge in [0.1, 0.15) is 20.0 Å². The summed E-state index contributed by atoms with van der Waals surface area (Å²) in [6, 6.07) is 0. The average Bonchev–Trinajstić information content (AvgIpc) is 3.47. The molecule has 0 radical (unpaired) electrons. The lowest BCUT2D eigenvalue weighted by Crippen LogP contribution is -2.56. The molecule has 16 heteroatoms. The Balaban J connectivity index is 1.84. The van der Waals surface area contributed by atoms with Gasteiger partial charge in [-0.2, -0.15) is 12.6 Å². The summed E-state index contributed by atoms with van der Waals surface area (Å²) in [5, 5.41) is 23.2. The lowest BCUT2D eigenvalue weighted by atomic mass is 10.5. The highest BCUT2D eigenvalue weighted by atomic mass is 32.1. The van der Waals surface area contributed by atoms with Gasteiger partial charge in [0.25, 0.3) is 0 Å². The van der Waals surface area contributed by atoms with E-state index in [-0.39, 0.29) is 20.0 Å². The standard InChI is InChI=1S/C15H18N12O3S/c1-10-3-22(19-16-10)7-25-13(28)26(8-23-4-11(2)17-20-23)15(30)27(14(25)29)9-24-5-12(6-31)18-21-24/h3-5,31H,6-9H2,1-2H3. The fourth-order valence-corrected chi connectivity index (χ4v) is 3.03. The maximum Gasteiger partial charge on any atom is 0.339 e. The Morgan fingerprint density at radius 2 is 1.06 bits per heavy atom. The lowest BCUT2D eigenvalue weighted by molar-refractivity contribution is 0.372. The Morgan fingerprint density at radius 3 is 1.39 bits per heavy atom. The van der Waals surface area contributed by atoms with Crippen molar-refractivity contribution in [2.24, 2.45) is 0 Å². The third-order valence-corrected chi connectivity index (χ3v) is 4.62. The summed E-state index contributed by atoms with van der Waals surface area (Å²) in [5.74, 6) is 0.343. The number of aromatic nitrogens is 12. The normalized spacial score (nSPS) is 11.3. The van der Waals surface area contributed by atoms with Crippen LogP contribution in [0.5, 0.6) is 0 Å². The summed E-state index contributed by atoms with van der Waals surface area (Å²) in [7, 11) is 0. The van der Waals surface area contributed by atoms with Gasteiger partial charge in [-0.1, -0.05) is 15.6 Å². The zero-order valence-electron chi connectivity index (χ0n) is 16.6. The number of aryl methyl sites for hydroxylation is 2. The van der Waals surface area contributed by atoms with Crippen LogP contribution in [0.4, 0.5) is 0 Å². The van der Waals surface area contributed by atoms with Crippen molar-refractivity contribution >= 4 is 12.6 Å². The molecule has 0 amide bonds. The Hall–Kier alpha value is -3.82. The van der Waals surface area contributed by atoms with Crippen molar-refractivity contribution in [1.82, 2.24) is 58.7 Å². The molecule has 4 aromatic rings. The zero-order chi connectivity index (χ0) is 22.1. The van der Waals surface area contributed by atoms with Crippen LogP contribution in [0, 0.1) is 13.8 Å². The second-order valence-corrected chi connectivity index (χ2v) is 7.08. The van der Waals surface area contributed by atoms with Gasteiger partial charge in [0.05, 0.1) is 35.7 Å². The second-order valence-electron chi connectivity index (χ2n) is 6.76. The zero-order valence-corrected chi connectivity index (χ0v) is 17.5. The molecule has 0 aliphatic carbocycles. The molecule has 0 aliphatic rings. The molecule has 0 unspecified atom stereocenters. The highest BCUT2D eigenvalue weighted by molar-refractivity contribution is 7.79. The highest BCUT2D eigenvalue weighted by Crippen LogP contribution is 1.96. The van der Waals surface area contributed by atoms with Crippen LogP contribution in [0.25, 0.3) is 0 Å². The molecule has 162 valence electrons. The summed E-state index contributed by atoms with van der Waals surface area (Å²) in [4.78, 5) is 39.1. The average molecular weight is 446 g/mol. The minimum Gasteiger partial charge on any atom is -0.247 e. The molecule has 15 nitrogen and oxygen atoms in total. The quantitative estimate of drug-likeness (QED) is 0.303. The van der Waals surface area contributed by atoms with E-state index in [0.717, 1.165) is 13.7 Å². The molecule has 0 saturated carbocycles. The van der Waals surface area contributed by atoms with Crippen molar-refractivity contribution < 1.29 is 0 Å². The van der Waals surface area contributed by atoms with Crippen LogP contribution in [0.15, 0.2) is 33.0 Å². The van der Waals surface area contributed by atoms with Crippen LogP contribution < -0.4 is 17.1 Å². The molecule has 0 atom stereocenters. The highest BCUT2D eigenvalue weighted by Gasteiger charge is 2.18. The van der Waals surface area contributed by atoms with Gasteiger partial charge in [0.2, 0.25) is 0 Å². The minimum absolute atomic E-state index is 0.228. The summed E-state index contributed by atoms with van der Waals surface area (Å²) >= 11 is 4.12. The first-order valence-electron chi connectivity index (χ1n) is 9.03. The van der Waals surface area contributed by atoms with Gasteiger partial charge >= 0.3 is 17.1 Å². The monoisotopic (exact) mass is 446 g/mol. The third-order valence-electron chi connectivity index (χ3n) is 4.30. The Bertz CT molecular complexity index is 1320. The summed E-state index contributed by atoms with van der Waals surface area (Å²) in [5.41, 5.74) is -0.666. The van der Waals surface area contributed by atoms with Crippen LogP contribution in [0.1, 0.15) is 17.1 Å². The minimum atomic E-state index is -0.822. The molecule has 0 N–H and O–H groups in total. The van der Waals surface area contributed by atoms with E-state index >= 15 is 0 Å². The summed E-state index contributed by atoms with van der Waals surface area (Å²) < 4.78 is 6.61. The largest absolute Gasteiger partial charge is 0.339 e. The number of hydrogen-bond donors (Lipinski definition) is 1. The number of hydrogen-bond acceptors (Lipinski definition) is 10. The van der Waals surface area contributed by atoms with Gasteiger partial charge in [-0.25, -0.2) is 42.1 Å². The van der Waals surface area contributed by atoms with Crippen molar-refractivity contribution in [3.05, 3.63) is 67.1 Å². The molecule has 0 spiro atoms. The van der Waals surface area contributed by atoms with Crippen LogP contribution in [-0.2, 0) is 25.8 Å². The maximum atomic E-state index is 13.1. The number of thiol groups is 1. The Labute approximate surface area is 178 Å². The van der Waals surface area contributed by atoms with E-state index in [2.05, 4.69) is 43.6 Å². The van der Waals surface area contributed by atoms with Crippen LogP contribution >= 0.6 is 12.6 Å². The van der Waals surface area contributed by atoms with Crippen LogP contribution in [-0.4, -0.2) is 58.7 Å². The number of nitrogens with zero attached hydrogens (tertiary/aromatic N) is 12. The fourth-order valence-electron chi connectivity index (χ4n) is 2.89. The molecule has 4 aromatic heterocycles. The van der Waals surface area contributed by atoms with Crippen molar-refractivity contribution in [2.75, 3.05) is 0 Å². The molecule has 0 bridgehead atoms. The third kappa shape index (κ3) is 4.09. The molecule has 4 heterocycles. The van der Waals surface area contributed by atoms with Crippen molar-refractivity contribution in [1.29, 1.82) is 0 Å². The van der Waals surface area contributed by atoms with Gasteiger partial charge in [-0.3, -0.25) is 0 Å². The molecule has 0 saturated heterocycles. The van der Waals surface area contributed by atoms with Gasteiger partial charge in [-0.15, -0.1) is 15.3 Å². The van der Waals surface area contributed by atoms with Gasteiger partial charge < -0.3 is 0 Å². The molecule has 0 fully saturated rings. The van der Waals surface area contributed by atoms with Gasteiger partial charge in [0.15, 0.2) is 0 Å². The molecular formula is C15H18N12O3S. The van der Waals surface area contributed by atoms with E-state index in [1.807, 2.05) is 0 Å². The van der Waals surface area contributed by atoms with E-state index in [1.54, 1.807) is 32.4 Å². The van der Waals surface area contributed by atoms with Crippen LogP contribution in [0.3, 0.4) is 0 Å². The molecule has 0 aliphatic heterocycles. The second kappa shape index (κ2) is 8.13. The smallest absolute Gasteiger partial charge is 0.247 e. The van der Waals surface area contributed by atoms with E-state index in [0.29, 0.717) is 22.8 Å². The molecule has 0 aromatic carbocycles. The van der Waals surface area contributed by atoms with E-state index in [1.165, 1.54) is 14.0 Å². The van der Waals surface area contributed by atoms with E-state index in [9.17, 15) is 14.4 Å².